The minimum absolute atomic E-state index is 0.0349. The third-order valence-electron chi connectivity index (χ3n) is 2.60. The molecule has 0 atom stereocenters. The van der Waals surface area contributed by atoms with Gasteiger partial charge in [-0.25, -0.2) is 10.1 Å². The summed E-state index contributed by atoms with van der Waals surface area (Å²) in [5.41, 5.74) is 3.59. The first-order valence-electron chi connectivity index (χ1n) is 6.15. The van der Waals surface area contributed by atoms with Gasteiger partial charge in [0, 0.05) is 5.56 Å². The number of phenolic OH excluding ortho intramolecular Hbond substituents is 1. The normalized spacial score (nSPS) is 10.7. The highest BCUT2D eigenvalue weighted by Crippen LogP contribution is 2.21. The fourth-order valence-corrected chi connectivity index (χ4v) is 1.64. The van der Waals surface area contributed by atoms with E-state index in [0.29, 0.717) is 12.0 Å². The molecule has 0 aliphatic heterocycles. The highest BCUT2D eigenvalue weighted by Gasteiger charge is 2.05. The first kappa shape index (κ1) is 14.4. The van der Waals surface area contributed by atoms with Crippen LogP contribution in [0.2, 0.25) is 0 Å². The van der Waals surface area contributed by atoms with Gasteiger partial charge in [-0.05, 0) is 28.5 Å². The maximum Gasteiger partial charge on any atom is 0.261 e. The molecule has 0 aliphatic carbocycles. The van der Waals surface area contributed by atoms with E-state index in [4.69, 9.17) is 0 Å². The van der Waals surface area contributed by atoms with Crippen molar-refractivity contribution in [1.29, 1.82) is 0 Å². The van der Waals surface area contributed by atoms with Crippen molar-refractivity contribution in [1.82, 2.24) is 25.6 Å². The molecule has 8 nitrogen and oxygen atoms in total. The lowest BCUT2D eigenvalue weighted by atomic mass is 10.1. The summed E-state index contributed by atoms with van der Waals surface area (Å²) < 4.78 is 1.27. The first-order chi connectivity index (χ1) is 10.2. The molecule has 0 bridgehead atoms. The van der Waals surface area contributed by atoms with E-state index in [9.17, 15) is 9.90 Å². The molecule has 2 aromatic rings. The Bertz CT molecular complexity index is 651. The maximum atomic E-state index is 11.5. The van der Waals surface area contributed by atoms with E-state index in [-0.39, 0.29) is 18.2 Å². The van der Waals surface area contributed by atoms with E-state index in [1.807, 2.05) is 0 Å². The molecule has 0 spiro atoms. The van der Waals surface area contributed by atoms with Crippen molar-refractivity contribution >= 4 is 12.1 Å². The second kappa shape index (κ2) is 6.94. The minimum atomic E-state index is -0.375. The van der Waals surface area contributed by atoms with Crippen molar-refractivity contribution in [3.63, 3.8) is 0 Å². The van der Waals surface area contributed by atoms with Crippen molar-refractivity contribution in [3.8, 4) is 5.75 Å². The van der Waals surface area contributed by atoms with E-state index in [0.717, 1.165) is 5.56 Å². The summed E-state index contributed by atoms with van der Waals surface area (Å²) in [5.74, 6) is -0.254. The van der Waals surface area contributed by atoms with Gasteiger partial charge in [0.1, 0.15) is 18.6 Å². The van der Waals surface area contributed by atoms with Gasteiger partial charge in [-0.2, -0.15) is 5.10 Å². The molecule has 0 saturated heterocycles. The number of hydrazone groups is 1. The van der Waals surface area contributed by atoms with E-state index >= 15 is 0 Å². The summed E-state index contributed by atoms with van der Waals surface area (Å²) in [6.45, 7) is 3.59. The molecule has 0 saturated carbocycles. The molecule has 0 fully saturated rings. The average molecular weight is 286 g/mol. The van der Waals surface area contributed by atoms with Gasteiger partial charge in [-0.3, -0.25) is 4.79 Å². The van der Waals surface area contributed by atoms with Gasteiger partial charge in [-0.15, -0.1) is 11.7 Å². The topological polar surface area (TPSA) is 105 Å². The smallest absolute Gasteiger partial charge is 0.261 e. The van der Waals surface area contributed by atoms with Crippen LogP contribution in [-0.4, -0.2) is 37.4 Å². The quantitative estimate of drug-likeness (QED) is 0.450. The van der Waals surface area contributed by atoms with Gasteiger partial charge >= 0.3 is 0 Å². The number of nitrogens with zero attached hydrogens (tertiary/aromatic N) is 5. The second-order valence-electron chi connectivity index (χ2n) is 4.15. The molecule has 1 aromatic heterocycles. The fraction of sp³-hybridized carbons (Fsp3) is 0.154. The van der Waals surface area contributed by atoms with E-state index in [1.165, 1.54) is 17.2 Å². The largest absolute Gasteiger partial charge is 0.507 e. The SMILES string of the molecule is C=CCc1cccc(/C=N/NC(=O)Cn2cnnn2)c1O. The predicted molar refractivity (Wildman–Crippen MR) is 75.6 cm³/mol. The van der Waals surface area contributed by atoms with Crippen molar-refractivity contribution in [2.45, 2.75) is 13.0 Å². The van der Waals surface area contributed by atoms with E-state index in [2.05, 4.69) is 32.6 Å². The molecule has 1 amide bonds. The molecule has 2 N–H and O–H groups in total. The molecule has 2 rings (SSSR count). The number of tetrazole rings is 1. The Morgan fingerprint density at radius 1 is 1.52 bits per heavy atom. The Kier molecular flexibility index (Phi) is 4.75. The number of benzene rings is 1. The maximum absolute atomic E-state index is 11.5. The zero-order chi connectivity index (χ0) is 15.1. The molecule has 8 heteroatoms. The first-order valence-corrected chi connectivity index (χ1v) is 6.15. The Labute approximate surface area is 120 Å². The van der Waals surface area contributed by atoms with Crippen LogP contribution in [0.3, 0.4) is 0 Å². The number of aromatic nitrogens is 4. The molecule has 0 unspecified atom stereocenters. The molecule has 1 aromatic carbocycles. The minimum Gasteiger partial charge on any atom is -0.507 e. The summed E-state index contributed by atoms with van der Waals surface area (Å²) in [6, 6.07) is 5.28. The van der Waals surface area contributed by atoms with Crippen LogP contribution < -0.4 is 5.43 Å². The molecule has 0 radical (unpaired) electrons. The van der Waals surface area contributed by atoms with Crippen LogP contribution in [0, 0.1) is 0 Å². The average Bonchev–Trinajstić information content (AvgIpc) is 2.96. The number of allylic oxidation sites excluding steroid dienone is 1. The number of nitrogens with one attached hydrogen (secondary N) is 1. The number of rotatable bonds is 6. The second-order valence-corrected chi connectivity index (χ2v) is 4.15. The summed E-state index contributed by atoms with van der Waals surface area (Å²) >= 11 is 0. The number of hydrogen-bond acceptors (Lipinski definition) is 6. The third-order valence-corrected chi connectivity index (χ3v) is 2.60. The third kappa shape index (κ3) is 3.96. The number of hydrogen-bond donors (Lipinski definition) is 2. The van der Waals surface area contributed by atoms with Crippen molar-refractivity contribution < 1.29 is 9.90 Å². The van der Waals surface area contributed by atoms with Crippen molar-refractivity contribution in [2.24, 2.45) is 5.10 Å². The lowest BCUT2D eigenvalue weighted by Crippen LogP contribution is -2.23. The lowest BCUT2D eigenvalue weighted by molar-refractivity contribution is -0.121. The standard InChI is InChI=1S/C13H14N6O2/c1-2-4-10-5-3-6-11(13(10)21)7-14-16-12(20)8-19-9-15-17-18-19/h2-3,5-7,9,21H,1,4,8H2,(H,16,20)/b14-7+. The molecule has 108 valence electrons. The Morgan fingerprint density at radius 2 is 2.38 bits per heavy atom. The Balaban J connectivity index is 1.96. The van der Waals surface area contributed by atoms with Gasteiger partial charge < -0.3 is 5.11 Å². The Hall–Kier alpha value is -3.03. The molecule has 21 heavy (non-hydrogen) atoms. The molecule has 1 heterocycles. The van der Waals surface area contributed by atoms with Crippen LogP contribution in [0.4, 0.5) is 0 Å². The number of para-hydroxylation sites is 1. The van der Waals surface area contributed by atoms with Crippen LogP contribution in [0.1, 0.15) is 11.1 Å². The van der Waals surface area contributed by atoms with Gasteiger partial charge in [0.05, 0.1) is 6.21 Å². The highest BCUT2D eigenvalue weighted by molar-refractivity contribution is 5.85. The number of amides is 1. The van der Waals surface area contributed by atoms with Gasteiger partial charge in [0.2, 0.25) is 0 Å². The summed E-state index contributed by atoms with van der Waals surface area (Å²) in [6.07, 6.45) is 4.95. The zero-order valence-corrected chi connectivity index (χ0v) is 11.2. The Morgan fingerprint density at radius 3 is 3.10 bits per heavy atom. The van der Waals surface area contributed by atoms with E-state index in [1.54, 1.807) is 24.3 Å². The van der Waals surface area contributed by atoms with Crippen LogP contribution >= 0.6 is 0 Å². The van der Waals surface area contributed by atoms with Gasteiger partial charge in [0.25, 0.3) is 5.91 Å². The summed E-state index contributed by atoms with van der Waals surface area (Å²) in [5, 5.41) is 24.2. The van der Waals surface area contributed by atoms with Crippen LogP contribution in [-0.2, 0) is 17.8 Å². The molecular formula is C13H14N6O2. The monoisotopic (exact) mass is 286 g/mol. The number of phenols is 1. The van der Waals surface area contributed by atoms with Crippen molar-refractivity contribution in [2.75, 3.05) is 0 Å². The van der Waals surface area contributed by atoms with Crippen molar-refractivity contribution in [3.05, 3.63) is 48.3 Å². The lowest BCUT2D eigenvalue weighted by Gasteiger charge is -2.04. The highest BCUT2D eigenvalue weighted by atomic mass is 16.3. The molecular weight excluding hydrogens is 272 g/mol. The van der Waals surface area contributed by atoms with Gasteiger partial charge in [0.15, 0.2) is 0 Å². The fourth-order valence-electron chi connectivity index (χ4n) is 1.64. The number of aromatic hydroxyl groups is 1. The molecule has 0 aliphatic rings. The summed E-state index contributed by atoms with van der Waals surface area (Å²) in [4.78, 5) is 11.5. The van der Waals surface area contributed by atoms with Crippen LogP contribution in [0.25, 0.3) is 0 Å². The van der Waals surface area contributed by atoms with Crippen LogP contribution in [0.15, 0.2) is 42.3 Å². The number of carbonyl (C=O) groups is 1. The predicted octanol–water partition coefficient (Wildman–Crippen LogP) is 0.257. The zero-order valence-electron chi connectivity index (χ0n) is 11.2. The number of carbonyl (C=O) groups excluding carboxylic acids is 1. The van der Waals surface area contributed by atoms with Gasteiger partial charge in [-0.1, -0.05) is 18.2 Å². The van der Waals surface area contributed by atoms with E-state index < -0.39 is 0 Å². The van der Waals surface area contributed by atoms with Crippen LogP contribution in [0.5, 0.6) is 5.75 Å². The summed E-state index contributed by atoms with van der Waals surface area (Å²) in [7, 11) is 0.